The van der Waals surface area contributed by atoms with Crippen LogP contribution in [0.25, 0.3) is 10.8 Å². The third kappa shape index (κ3) is 6.02. The minimum atomic E-state index is -0.0776. The molecule has 0 aliphatic heterocycles. The van der Waals surface area contributed by atoms with Gasteiger partial charge in [-0.3, -0.25) is 0 Å². The number of hydrogen-bond donors (Lipinski definition) is 0. The van der Waals surface area contributed by atoms with Crippen LogP contribution in [0.2, 0.25) is 0 Å². The number of fused-ring (bicyclic) bond motifs is 1. The highest BCUT2D eigenvalue weighted by Gasteiger charge is 2.21. The van der Waals surface area contributed by atoms with E-state index in [-0.39, 0.29) is 5.82 Å². The van der Waals surface area contributed by atoms with E-state index >= 15 is 0 Å². The van der Waals surface area contributed by atoms with Gasteiger partial charge in [-0.25, -0.2) is 4.39 Å². The maximum Gasteiger partial charge on any atom is 0.134 e. The summed E-state index contributed by atoms with van der Waals surface area (Å²) >= 11 is 0. The summed E-state index contributed by atoms with van der Waals surface area (Å²) in [6.45, 7) is 7.60. The number of halogens is 1. The molecule has 172 valence electrons. The SMILES string of the molecule is C=CCCc1ccc2cc(CCc3ccc(C4CCC(CCC=C)CC4)cc3)ccc2c1F. The third-order valence-electron chi connectivity index (χ3n) is 7.50. The minimum absolute atomic E-state index is 0.0776. The van der Waals surface area contributed by atoms with E-state index in [1.165, 1.54) is 48.8 Å². The van der Waals surface area contributed by atoms with Gasteiger partial charge in [0.25, 0.3) is 0 Å². The molecule has 3 aromatic carbocycles. The number of aryl methyl sites for hydroxylation is 3. The zero-order chi connectivity index (χ0) is 23.0. The summed E-state index contributed by atoms with van der Waals surface area (Å²) in [5.74, 6) is 1.55. The molecule has 0 heterocycles. The van der Waals surface area contributed by atoms with Crippen LogP contribution in [0.15, 0.2) is 79.9 Å². The van der Waals surface area contributed by atoms with Gasteiger partial charge in [0.1, 0.15) is 5.82 Å². The van der Waals surface area contributed by atoms with Crippen LogP contribution in [-0.2, 0) is 19.3 Å². The second kappa shape index (κ2) is 11.5. The lowest BCUT2D eigenvalue weighted by Crippen LogP contribution is -2.13. The molecule has 0 atom stereocenters. The normalized spacial score (nSPS) is 18.3. The van der Waals surface area contributed by atoms with E-state index in [1.807, 2.05) is 18.2 Å². The maximum atomic E-state index is 14.8. The van der Waals surface area contributed by atoms with Crippen molar-refractivity contribution in [2.75, 3.05) is 0 Å². The second-order valence-electron chi connectivity index (χ2n) is 9.75. The van der Waals surface area contributed by atoms with Gasteiger partial charge in [0, 0.05) is 5.39 Å². The van der Waals surface area contributed by atoms with Crippen molar-refractivity contribution in [1.82, 2.24) is 0 Å². The molecular weight excluding hydrogens is 403 g/mol. The van der Waals surface area contributed by atoms with Crippen molar-refractivity contribution in [2.45, 2.75) is 70.1 Å². The lowest BCUT2D eigenvalue weighted by atomic mass is 9.77. The fourth-order valence-electron chi connectivity index (χ4n) is 5.38. The summed E-state index contributed by atoms with van der Waals surface area (Å²) < 4.78 is 14.8. The van der Waals surface area contributed by atoms with Gasteiger partial charge >= 0.3 is 0 Å². The van der Waals surface area contributed by atoms with Crippen molar-refractivity contribution >= 4 is 10.8 Å². The fraction of sp³-hybridized carbons (Fsp3) is 0.375. The minimum Gasteiger partial charge on any atom is -0.206 e. The highest BCUT2D eigenvalue weighted by molar-refractivity contribution is 5.84. The number of hydrogen-bond acceptors (Lipinski definition) is 0. The average Bonchev–Trinajstić information content (AvgIpc) is 2.86. The van der Waals surface area contributed by atoms with Crippen LogP contribution in [-0.4, -0.2) is 0 Å². The molecule has 0 spiro atoms. The Labute approximate surface area is 199 Å². The molecule has 1 aliphatic carbocycles. The van der Waals surface area contributed by atoms with Crippen molar-refractivity contribution in [3.05, 3.63) is 108 Å². The molecule has 1 aliphatic rings. The molecule has 0 amide bonds. The zero-order valence-electron chi connectivity index (χ0n) is 19.9. The van der Waals surface area contributed by atoms with Gasteiger partial charge in [0.2, 0.25) is 0 Å². The first-order chi connectivity index (χ1) is 16.2. The van der Waals surface area contributed by atoms with Gasteiger partial charge in [0.05, 0.1) is 0 Å². The van der Waals surface area contributed by atoms with Crippen molar-refractivity contribution < 1.29 is 4.39 Å². The van der Waals surface area contributed by atoms with E-state index in [0.29, 0.717) is 6.42 Å². The predicted octanol–water partition coefficient (Wildman–Crippen LogP) is 9.12. The molecule has 0 N–H and O–H groups in total. The van der Waals surface area contributed by atoms with Crippen LogP contribution in [0.1, 0.15) is 73.1 Å². The molecule has 3 aromatic rings. The fourth-order valence-corrected chi connectivity index (χ4v) is 5.38. The molecule has 0 nitrogen and oxygen atoms in total. The van der Waals surface area contributed by atoms with Crippen molar-refractivity contribution in [3.8, 4) is 0 Å². The third-order valence-corrected chi connectivity index (χ3v) is 7.50. The Kier molecular flexibility index (Phi) is 8.15. The molecule has 4 rings (SSSR count). The number of allylic oxidation sites excluding steroid dienone is 2. The number of rotatable bonds is 10. The highest BCUT2D eigenvalue weighted by Crippen LogP contribution is 2.37. The first-order valence-electron chi connectivity index (χ1n) is 12.7. The Morgan fingerprint density at radius 2 is 1.45 bits per heavy atom. The highest BCUT2D eigenvalue weighted by atomic mass is 19.1. The maximum absolute atomic E-state index is 14.8. The quantitative estimate of drug-likeness (QED) is 0.276. The Morgan fingerprint density at radius 3 is 2.18 bits per heavy atom. The Balaban J connectivity index is 1.33. The van der Waals surface area contributed by atoms with Crippen LogP contribution in [0.4, 0.5) is 4.39 Å². The molecule has 0 bridgehead atoms. The standard InChI is InChI=1S/C32H37F/c1-3-5-7-24-11-16-27(17-12-24)28-18-13-25(14-19-28)9-10-26-15-22-31-30(23-26)21-20-29(32(31)33)8-6-4-2/h3-4,13-15,18-24,27H,1-2,5-12,16-17H2. The molecule has 1 heteroatoms. The van der Waals surface area contributed by atoms with Gasteiger partial charge in [0.15, 0.2) is 0 Å². The summed E-state index contributed by atoms with van der Waals surface area (Å²) in [5.41, 5.74) is 4.93. The van der Waals surface area contributed by atoms with Crippen LogP contribution in [0.5, 0.6) is 0 Å². The first kappa shape index (κ1) is 23.5. The van der Waals surface area contributed by atoms with E-state index in [2.05, 4.69) is 61.7 Å². The molecule has 0 unspecified atom stereocenters. The van der Waals surface area contributed by atoms with E-state index in [4.69, 9.17) is 0 Å². The Morgan fingerprint density at radius 1 is 0.758 bits per heavy atom. The van der Waals surface area contributed by atoms with E-state index in [1.54, 1.807) is 0 Å². The van der Waals surface area contributed by atoms with Crippen molar-refractivity contribution in [2.24, 2.45) is 5.92 Å². The van der Waals surface area contributed by atoms with Crippen LogP contribution in [0.3, 0.4) is 0 Å². The lowest BCUT2D eigenvalue weighted by Gasteiger charge is -2.28. The van der Waals surface area contributed by atoms with Gasteiger partial charge in [-0.15, -0.1) is 13.2 Å². The molecule has 0 radical (unpaired) electrons. The largest absolute Gasteiger partial charge is 0.206 e. The summed E-state index contributed by atoms with van der Waals surface area (Å²) in [4.78, 5) is 0. The lowest BCUT2D eigenvalue weighted by molar-refractivity contribution is 0.312. The van der Waals surface area contributed by atoms with E-state index < -0.39 is 0 Å². The smallest absolute Gasteiger partial charge is 0.134 e. The summed E-state index contributed by atoms with van der Waals surface area (Å²) in [5, 5.41) is 1.72. The van der Waals surface area contributed by atoms with Gasteiger partial charge in [-0.05, 0) is 104 Å². The predicted molar refractivity (Wildman–Crippen MR) is 140 cm³/mol. The summed E-state index contributed by atoms with van der Waals surface area (Å²) in [7, 11) is 0. The van der Waals surface area contributed by atoms with Crippen LogP contribution >= 0.6 is 0 Å². The zero-order valence-corrected chi connectivity index (χ0v) is 19.9. The molecule has 33 heavy (non-hydrogen) atoms. The van der Waals surface area contributed by atoms with Gasteiger partial charge < -0.3 is 0 Å². The Hall–Kier alpha value is -2.67. The van der Waals surface area contributed by atoms with E-state index in [0.717, 1.165) is 53.9 Å². The second-order valence-corrected chi connectivity index (χ2v) is 9.75. The number of benzene rings is 3. The molecular formula is C32H37F. The Bertz CT molecular complexity index is 1070. The van der Waals surface area contributed by atoms with E-state index in [9.17, 15) is 4.39 Å². The first-order valence-corrected chi connectivity index (χ1v) is 12.7. The van der Waals surface area contributed by atoms with Gasteiger partial charge in [-0.2, -0.15) is 0 Å². The molecule has 1 fully saturated rings. The molecule has 0 aromatic heterocycles. The summed E-state index contributed by atoms with van der Waals surface area (Å²) in [6, 6.07) is 19.5. The van der Waals surface area contributed by atoms with Crippen LogP contribution in [0, 0.1) is 11.7 Å². The van der Waals surface area contributed by atoms with Gasteiger partial charge in [-0.1, -0.05) is 66.7 Å². The summed E-state index contributed by atoms with van der Waals surface area (Å²) in [6.07, 6.45) is 15.2. The van der Waals surface area contributed by atoms with Crippen LogP contribution < -0.4 is 0 Å². The molecule has 0 saturated heterocycles. The van der Waals surface area contributed by atoms with Crippen molar-refractivity contribution in [1.29, 1.82) is 0 Å². The monoisotopic (exact) mass is 440 g/mol. The topological polar surface area (TPSA) is 0 Å². The molecule has 1 saturated carbocycles. The average molecular weight is 441 g/mol. The van der Waals surface area contributed by atoms with Crippen molar-refractivity contribution in [3.63, 3.8) is 0 Å².